The van der Waals surface area contributed by atoms with Crippen molar-refractivity contribution in [2.24, 2.45) is 11.7 Å². The quantitative estimate of drug-likeness (QED) is 0.866. The lowest BCUT2D eigenvalue weighted by Gasteiger charge is -2.22. The monoisotopic (exact) mass is 322 g/mol. The maximum atomic E-state index is 12.1. The number of benzene rings is 1. The number of primary amides is 1. The first kappa shape index (κ1) is 15.2. The Morgan fingerprint density at radius 3 is 2.73 bits per heavy atom. The van der Waals surface area contributed by atoms with Crippen molar-refractivity contribution in [2.45, 2.75) is 31.2 Å². The van der Waals surface area contributed by atoms with Crippen LogP contribution in [0.5, 0.6) is 0 Å². The molecule has 1 aromatic carbocycles. The Labute approximate surface area is 134 Å². The van der Waals surface area contributed by atoms with E-state index in [1.807, 2.05) is 24.3 Å². The van der Waals surface area contributed by atoms with Crippen LogP contribution in [-0.4, -0.2) is 36.1 Å². The number of halogens is 1. The third kappa shape index (κ3) is 3.19. The van der Waals surface area contributed by atoms with Gasteiger partial charge in [-0.3, -0.25) is 4.79 Å². The molecule has 0 radical (unpaired) electrons. The zero-order valence-electron chi connectivity index (χ0n) is 12.2. The van der Waals surface area contributed by atoms with Crippen LogP contribution in [-0.2, 0) is 9.53 Å². The molecular weight excluding hydrogens is 304 g/mol. The molecule has 3 rings (SSSR count). The Bertz CT molecular complexity index is 575. The minimum Gasteiger partial charge on any atom is -0.463 e. The minimum absolute atomic E-state index is 0.0748. The molecule has 1 aromatic rings. The summed E-state index contributed by atoms with van der Waals surface area (Å²) in [6, 6.07) is 7.05. The Hall–Kier alpha value is -1.75. The topological polar surface area (TPSA) is 72.6 Å². The summed E-state index contributed by atoms with van der Waals surface area (Å²) in [6.07, 6.45) is 2.55. The first-order chi connectivity index (χ1) is 10.6. The molecule has 3 atom stereocenters. The average Bonchev–Trinajstić information content (AvgIpc) is 3.15. The highest BCUT2D eigenvalue weighted by Gasteiger charge is 2.45. The number of esters is 1. The number of ether oxygens (including phenoxy) is 1. The third-order valence-corrected chi connectivity index (χ3v) is 4.72. The van der Waals surface area contributed by atoms with Crippen LogP contribution < -0.4 is 5.73 Å². The first-order valence-electron chi connectivity index (χ1n) is 7.54. The van der Waals surface area contributed by atoms with Crippen LogP contribution in [0, 0.1) is 5.92 Å². The van der Waals surface area contributed by atoms with Gasteiger partial charge in [-0.05, 0) is 42.9 Å². The van der Waals surface area contributed by atoms with Crippen LogP contribution in [0.15, 0.2) is 24.3 Å². The molecule has 22 heavy (non-hydrogen) atoms. The molecule has 1 saturated carbocycles. The van der Waals surface area contributed by atoms with E-state index in [-0.39, 0.29) is 30.5 Å². The van der Waals surface area contributed by atoms with E-state index in [4.69, 9.17) is 22.1 Å². The third-order valence-electron chi connectivity index (χ3n) is 4.47. The first-order valence-corrected chi connectivity index (χ1v) is 7.92. The lowest BCUT2D eigenvalue weighted by Crippen LogP contribution is -2.42. The number of carbonyl (C=O) groups excluding carboxylic acids is 2. The second-order valence-electron chi connectivity index (χ2n) is 5.96. The Balaban J connectivity index is 1.49. The van der Waals surface area contributed by atoms with Crippen LogP contribution in [0.3, 0.4) is 0 Å². The molecule has 1 saturated heterocycles. The van der Waals surface area contributed by atoms with Gasteiger partial charge in [-0.1, -0.05) is 23.7 Å². The van der Waals surface area contributed by atoms with Gasteiger partial charge in [-0.2, -0.15) is 0 Å². The lowest BCUT2D eigenvalue weighted by atomic mass is 10.1. The van der Waals surface area contributed by atoms with Crippen molar-refractivity contribution >= 4 is 23.6 Å². The van der Waals surface area contributed by atoms with Gasteiger partial charge in [0.2, 0.25) is 0 Å². The summed E-state index contributed by atoms with van der Waals surface area (Å²) in [7, 11) is 0. The summed E-state index contributed by atoms with van der Waals surface area (Å²) in [5.41, 5.74) is 6.43. The van der Waals surface area contributed by atoms with Gasteiger partial charge in [0.15, 0.2) is 0 Å². The molecule has 2 N–H and O–H groups in total. The van der Waals surface area contributed by atoms with Gasteiger partial charge >= 0.3 is 12.0 Å². The van der Waals surface area contributed by atoms with E-state index in [1.165, 1.54) is 0 Å². The highest BCUT2D eigenvalue weighted by molar-refractivity contribution is 6.30. The minimum atomic E-state index is -0.441. The van der Waals surface area contributed by atoms with Gasteiger partial charge in [0.25, 0.3) is 0 Å². The second kappa shape index (κ2) is 6.16. The summed E-state index contributed by atoms with van der Waals surface area (Å²) in [6.45, 7) is 0.889. The number of carbonyl (C=O) groups is 2. The molecule has 0 unspecified atom stereocenters. The molecule has 6 heteroatoms. The fraction of sp³-hybridized carbons (Fsp3) is 0.500. The molecule has 118 valence electrons. The second-order valence-corrected chi connectivity index (χ2v) is 6.39. The molecule has 2 fully saturated rings. The Morgan fingerprint density at radius 1 is 1.32 bits per heavy atom. The lowest BCUT2D eigenvalue weighted by molar-refractivity contribution is -0.146. The van der Waals surface area contributed by atoms with Gasteiger partial charge in [-0.25, -0.2) is 4.79 Å². The molecule has 1 aliphatic heterocycles. The van der Waals surface area contributed by atoms with E-state index >= 15 is 0 Å². The summed E-state index contributed by atoms with van der Waals surface area (Å²) in [5, 5.41) is 0.691. The standard InChI is InChI=1S/C16H19ClN2O3/c17-11-5-3-10(4-6-11)13-8-14(13)15(20)22-9-12-2-1-7-19(12)16(18)21/h3-6,12-14H,1-2,7-9H2,(H2,18,21)/t12-,13-,14+/m1/s1. The zero-order chi connectivity index (χ0) is 15.7. The summed E-state index contributed by atoms with van der Waals surface area (Å²) >= 11 is 5.86. The smallest absolute Gasteiger partial charge is 0.315 e. The molecule has 1 heterocycles. The summed E-state index contributed by atoms with van der Waals surface area (Å²) < 4.78 is 5.39. The predicted molar refractivity (Wildman–Crippen MR) is 82.6 cm³/mol. The van der Waals surface area contributed by atoms with Crippen molar-refractivity contribution < 1.29 is 14.3 Å². The molecule has 0 spiro atoms. The van der Waals surface area contributed by atoms with Crippen molar-refractivity contribution in [2.75, 3.05) is 13.2 Å². The largest absolute Gasteiger partial charge is 0.463 e. The molecular formula is C16H19ClN2O3. The van der Waals surface area contributed by atoms with Crippen LogP contribution in [0.1, 0.15) is 30.7 Å². The van der Waals surface area contributed by atoms with E-state index in [0.717, 1.165) is 24.8 Å². The van der Waals surface area contributed by atoms with E-state index in [9.17, 15) is 9.59 Å². The average molecular weight is 323 g/mol. The summed E-state index contributed by atoms with van der Waals surface area (Å²) in [4.78, 5) is 25.0. The van der Waals surface area contributed by atoms with Gasteiger partial charge < -0.3 is 15.4 Å². The molecule has 2 aliphatic rings. The highest BCUT2D eigenvalue weighted by Crippen LogP contribution is 2.48. The van der Waals surface area contributed by atoms with Crippen LogP contribution in [0.2, 0.25) is 5.02 Å². The maximum absolute atomic E-state index is 12.1. The fourth-order valence-corrected chi connectivity index (χ4v) is 3.24. The SMILES string of the molecule is NC(=O)N1CCC[C@@H]1COC(=O)[C@H]1C[C@@H]1c1ccc(Cl)cc1. The van der Waals surface area contributed by atoms with Crippen molar-refractivity contribution in [3.63, 3.8) is 0 Å². The molecule has 1 aliphatic carbocycles. The number of urea groups is 1. The molecule has 0 aromatic heterocycles. The normalized spacial score (nSPS) is 26.8. The van der Waals surface area contributed by atoms with E-state index in [0.29, 0.717) is 11.6 Å². The Kier molecular flexibility index (Phi) is 4.25. The Morgan fingerprint density at radius 2 is 2.05 bits per heavy atom. The fourth-order valence-electron chi connectivity index (χ4n) is 3.12. The van der Waals surface area contributed by atoms with E-state index in [2.05, 4.69) is 0 Å². The summed E-state index contributed by atoms with van der Waals surface area (Å²) in [5.74, 6) is -0.0403. The zero-order valence-corrected chi connectivity index (χ0v) is 13.0. The molecule has 2 amide bonds. The molecule has 5 nitrogen and oxygen atoms in total. The van der Waals surface area contributed by atoms with Crippen molar-refractivity contribution in [1.29, 1.82) is 0 Å². The van der Waals surface area contributed by atoms with Gasteiger partial charge in [0.1, 0.15) is 6.61 Å². The number of nitrogens with two attached hydrogens (primary N) is 1. The molecule has 0 bridgehead atoms. The number of hydrogen-bond donors (Lipinski definition) is 1. The number of likely N-dealkylation sites (tertiary alicyclic amines) is 1. The predicted octanol–water partition coefficient (Wildman–Crippen LogP) is 2.53. The van der Waals surface area contributed by atoms with Gasteiger partial charge in [0, 0.05) is 11.6 Å². The van der Waals surface area contributed by atoms with Crippen LogP contribution >= 0.6 is 11.6 Å². The van der Waals surface area contributed by atoms with E-state index in [1.54, 1.807) is 4.90 Å². The van der Waals surface area contributed by atoms with Gasteiger partial charge in [0.05, 0.1) is 12.0 Å². The van der Waals surface area contributed by atoms with Crippen molar-refractivity contribution in [3.05, 3.63) is 34.9 Å². The number of amides is 2. The number of hydrogen-bond acceptors (Lipinski definition) is 3. The van der Waals surface area contributed by atoms with E-state index < -0.39 is 6.03 Å². The van der Waals surface area contributed by atoms with Crippen LogP contribution in [0.25, 0.3) is 0 Å². The number of rotatable bonds is 4. The van der Waals surface area contributed by atoms with Crippen molar-refractivity contribution in [1.82, 2.24) is 4.90 Å². The van der Waals surface area contributed by atoms with Crippen molar-refractivity contribution in [3.8, 4) is 0 Å². The highest BCUT2D eigenvalue weighted by atomic mass is 35.5. The maximum Gasteiger partial charge on any atom is 0.315 e. The number of nitrogens with zero attached hydrogens (tertiary/aromatic N) is 1. The van der Waals surface area contributed by atoms with Gasteiger partial charge in [-0.15, -0.1) is 0 Å². The van der Waals surface area contributed by atoms with Crippen LogP contribution in [0.4, 0.5) is 4.79 Å².